The van der Waals surface area contributed by atoms with Crippen molar-refractivity contribution in [2.24, 2.45) is 0 Å². The van der Waals surface area contributed by atoms with Gasteiger partial charge in [0, 0.05) is 12.0 Å². The molecule has 1 aliphatic carbocycles. The molecule has 0 amide bonds. The number of hydrogen-bond donors (Lipinski definition) is 2. The molecule has 0 bridgehead atoms. The molecule has 1 aromatic heterocycles. The number of hydrogen-bond acceptors (Lipinski definition) is 3. The van der Waals surface area contributed by atoms with E-state index in [-0.39, 0.29) is 5.75 Å². The number of nitrogens with one attached hydrogen (secondary N) is 1. The fraction of sp³-hybridized carbons (Fsp3) is 0.429. The third kappa shape index (κ3) is 1.11. The largest absolute Gasteiger partial charge is 0.503 e. The van der Waals surface area contributed by atoms with Crippen LogP contribution >= 0.6 is 0 Å². The van der Waals surface area contributed by atoms with Crippen LogP contribution in [0.3, 0.4) is 0 Å². The van der Waals surface area contributed by atoms with E-state index >= 15 is 0 Å². The summed E-state index contributed by atoms with van der Waals surface area (Å²) in [6, 6.07) is 1.44. The van der Waals surface area contributed by atoms with E-state index in [4.69, 9.17) is 5.11 Å². The zero-order valence-corrected chi connectivity index (χ0v) is 5.87. The highest BCUT2D eigenvalue weighted by Crippen LogP contribution is 2.38. The summed E-state index contributed by atoms with van der Waals surface area (Å²) < 4.78 is 0. The summed E-state index contributed by atoms with van der Waals surface area (Å²) in [6.07, 6.45) is 2.22. The van der Waals surface area contributed by atoms with Crippen LogP contribution in [0.5, 0.6) is 5.75 Å². The van der Waals surface area contributed by atoms with Gasteiger partial charge in [0.05, 0.1) is 5.69 Å². The van der Waals surface area contributed by atoms with Gasteiger partial charge < -0.3 is 5.11 Å². The topological polar surface area (TPSA) is 66.0 Å². The van der Waals surface area contributed by atoms with Crippen molar-refractivity contribution >= 4 is 0 Å². The number of nitrogens with zero attached hydrogens (tertiary/aromatic N) is 1. The molecule has 0 atom stereocenters. The van der Waals surface area contributed by atoms with E-state index in [2.05, 4.69) is 10.2 Å². The van der Waals surface area contributed by atoms with Crippen molar-refractivity contribution in [1.29, 1.82) is 0 Å². The lowest BCUT2D eigenvalue weighted by Gasteiger charge is -1.94. The number of aromatic hydroxyl groups is 1. The van der Waals surface area contributed by atoms with Gasteiger partial charge in [-0.1, -0.05) is 0 Å². The van der Waals surface area contributed by atoms with E-state index in [9.17, 15) is 4.79 Å². The van der Waals surface area contributed by atoms with Crippen LogP contribution in [0.4, 0.5) is 0 Å². The van der Waals surface area contributed by atoms with E-state index in [1.807, 2.05) is 0 Å². The summed E-state index contributed by atoms with van der Waals surface area (Å²) in [7, 11) is 0. The lowest BCUT2D eigenvalue weighted by atomic mass is 10.3. The van der Waals surface area contributed by atoms with E-state index < -0.39 is 5.56 Å². The first-order valence-corrected chi connectivity index (χ1v) is 3.56. The van der Waals surface area contributed by atoms with Crippen LogP contribution in [-0.2, 0) is 0 Å². The molecule has 2 rings (SSSR count). The highest BCUT2D eigenvalue weighted by atomic mass is 16.3. The second-order valence-electron chi connectivity index (χ2n) is 2.78. The lowest BCUT2D eigenvalue weighted by molar-refractivity contribution is 0.462. The second-order valence-corrected chi connectivity index (χ2v) is 2.78. The Morgan fingerprint density at radius 1 is 1.64 bits per heavy atom. The van der Waals surface area contributed by atoms with E-state index in [0.29, 0.717) is 5.92 Å². The van der Waals surface area contributed by atoms with Gasteiger partial charge >= 0.3 is 5.56 Å². The highest BCUT2D eigenvalue weighted by molar-refractivity contribution is 5.22. The van der Waals surface area contributed by atoms with Crippen molar-refractivity contribution in [1.82, 2.24) is 10.2 Å². The predicted molar refractivity (Wildman–Crippen MR) is 38.5 cm³/mol. The van der Waals surface area contributed by atoms with E-state index in [1.165, 1.54) is 6.07 Å². The van der Waals surface area contributed by atoms with Gasteiger partial charge in [-0.2, -0.15) is 5.10 Å². The minimum atomic E-state index is -0.519. The fourth-order valence-electron chi connectivity index (χ4n) is 0.999. The fourth-order valence-corrected chi connectivity index (χ4v) is 0.999. The van der Waals surface area contributed by atoms with Crippen molar-refractivity contribution in [3.05, 3.63) is 22.1 Å². The standard InChI is InChI=1S/C7H8N2O2/c10-6-3-5(4-1-2-4)8-9-7(6)11/h3-4H,1-2H2,(H,8,10)(H,9,11). The minimum absolute atomic E-state index is 0.234. The van der Waals surface area contributed by atoms with E-state index in [0.717, 1.165) is 18.5 Å². The molecule has 0 saturated heterocycles. The number of aromatic nitrogens is 2. The van der Waals surface area contributed by atoms with Crippen LogP contribution in [0, 0.1) is 0 Å². The first-order valence-electron chi connectivity index (χ1n) is 3.56. The van der Waals surface area contributed by atoms with Crippen LogP contribution in [0.2, 0.25) is 0 Å². The monoisotopic (exact) mass is 152 g/mol. The Labute approximate surface area is 62.9 Å². The van der Waals surface area contributed by atoms with Gasteiger partial charge in [-0.15, -0.1) is 0 Å². The maximum atomic E-state index is 10.6. The van der Waals surface area contributed by atoms with Crippen LogP contribution in [-0.4, -0.2) is 15.3 Å². The summed E-state index contributed by atoms with van der Waals surface area (Å²) >= 11 is 0. The van der Waals surface area contributed by atoms with Gasteiger partial charge in [0.25, 0.3) is 0 Å². The van der Waals surface area contributed by atoms with Gasteiger partial charge in [-0.3, -0.25) is 4.79 Å². The van der Waals surface area contributed by atoms with Crippen molar-refractivity contribution in [3.63, 3.8) is 0 Å². The van der Waals surface area contributed by atoms with Crippen LogP contribution in [0.1, 0.15) is 24.5 Å². The Bertz CT molecular complexity index is 327. The van der Waals surface area contributed by atoms with E-state index in [1.54, 1.807) is 0 Å². The Kier molecular flexibility index (Phi) is 1.21. The molecule has 0 unspecified atom stereocenters. The van der Waals surface area contributed by atoms with Gasteiger partial charge in [-0.05, 0) is 12.8 Å². The van der Waals surface area contributed by atoms with Crippen LogP contribution in [0.15, 0.2) is 10.9 Å². The maximum Gasteiger partial charge on any atom is 0.306 e. The van der Waals surface area contributed by atoms with Gasteiger partial charge in [-0.25, -0.2) is 5.10 Å². The Morgan fingerprint density at radius 2 is 2.36 bits per heavy atom. The zero-order chi connectivity index (χ0) is 7.84. The summed E-state index contributed by atoms with van der Waals surface area (Å²) in [5.41, 5.74) is 0.275. The first kappa shape index (κ1) is 6.39. The van der Waals surface area contributed by atoms with Crippen molar-refractivity contribution in [3.8, 4) is 5.75 Å². The average molecular weight is 152 g/mol. The molecule has 2 N–H and O–H groups in total. The summed E-state index contributed by atoms with van der Waals surface area (Å²) in [4.78, 5) is 10.6. The van der Waals surface area contributed by atoms with Gasteiger partial charge in [0.1, 0.15) is 0 Å². The van der Waals surface area contributed by atoms with Crippen molar-refractivity contribution < 1.29 is 5.11 Å². The minimum Gasteiger partial charge on any atom is -0.503 e. The molecular weight excluding hydrogens is 144 g/mol. The molecule has 0 aromatic carbocycles. The lowest BCUT2D eigenvalue weighted by Crippen LogP contribution is -2.08. The predicted octanol–water partition coefficient (Wildman–Crippen LogP) is 0.353. The number of aromatic amines is 1. The molecule has 4 heteroatoms. The number of H-pyrrole nitrogens is 1. The number of rotatable bonds is 1. The smallest absolute Gasteiger partial charge is 0.306 e. The molecule has 11 heavy (non-hydrogen) atoms. The Morgan fingerprint density at radius 3 is 2.91 bits per heavy atom. The quantitative estimate of drug-likeness (QED) is 0.610. The molecular formula is C7H8N2O2. The van der Waals surface area contributed by atoms with Gasteiger partial charge in [0.2, 0.25) is 0 Å². The van der Waals surface area contributed by atoms with Gasteiger partial charge in [0.15, 0.2) is 5.75 Å². The summed E-state index contributed by atoms with van der Waals surface area (Å²) in [6.45, 7) is 0. The molecule has 1 heterocycles. The highest BCUT2D eigenvalue weighted by Gasteiger charge is 2.25. The second kappa shape index (κ2) is 2.08. The molecule has 1 aliphatic rings. The SMILES string of the molecule is O=c1[nH]nc(C2CC2)cc1O. The van der Waals surface area contributed by atoms with Crippen molar-refractivity contribution in [2.75, 3.05) is 0 Å². The molecule has 1 saturated carbocycles. The zero-order valence-electron chi connectivity index (χ0n) is 5.87. The molecule has 0 aliphatic heterocycles. The normalized spacial score (nSPS) is 16.7. The third-order valence-corrected chi connectivity index (χ3v) is 1.80. The molecule has 4 nitrogen and oxygen atoms in total. The Balaban J connectivity index is 2.44. The molecule has 0 spiro atoms. The maximum absolute atomic E-state index is 10.6. The third-order valence-electron chi connectivity index (χ3n) is 1.80. The van der Waals surface area contributed by atoms with Crippen LogP contribution < -0.4 is 5.56 Å². The average Bonchev–Trinajstić information content (AvgIpc) is 2.77. The molecule has 0 radical (unpaired) electrons. The van der Waals surface area contributed by atoms with Crippen molar-refractivity contribution in [2.45, 2.75) is 18.8 Å². The molecule has 58 valence electrons. The summed E-state index contributed by atoms with van der Waals surface area (Å²) in [5, 5.41) is 15.0. The first-order chi connectivity index (χ1) is 5.27. The molecule has 1 fully saturated rings. The summed E-state index contributed by atoms with van der Waals surface area (Å²) in [5.74, 6) is 0.222. The molecule has 1 aromatic rings. The van der Waals surface area contributed by atoms with Crippen LogP contribution in [0.25, 0.3) is 0 Å². The Hall–Kier alpha value is -1.32.